The molecule has 0 spiro atoms. The number of benzene rings is 1. The average Bonchev–Trinajstić information content (AvgIpc) is 3.28. The lowest BCUT2D eigenvalue weighted by molar-refractivity contribution is 0.522. The summed E-state index contributed by atoms with van der Waals surface area (Å²) in [6.45, 7) is 4.51. The summed E-state index contributed by atoms with van der Waals surface area (Å²) in [5, 5.41) is 11.8. The highest BCUT2D eigenvalue weighted by atomic mass is 79.9. The monoisotopic (exact) mass is 535 g/mol. The van der Waals surface area contributed by atoms with E-state index in [0.717, 1.165) is 34.1 Å². The molecular formula is C20H19Br2N5O3. The molecule has 1 aromatic carbocycles. The largest absolute Gasteiger partial charge is 0.425 e. The summed E-state index contributed by atoms with van der Waals surface area (Å²) in [7, 11) is 0. The van der Waals surface area contributed by atoms with E-state index in [4.69, 9.17) is 4.74 Å². The summed E-state index contributed by atoms with van der Waals surface area (Å²) < 4.78 is 10.9. The number of rotatable bonds is 2. The number of para-hydroxylation sites is 1. The molecule has 2 aromatic heterocycles. The Morgan fingerprint density at radius 3 is 2.67 bits per heavy atom. The van der Waals surface area contributed by atoms with E-state index in [9.17, 15) is 10.1 Å². The lowest BCUT2D eigenvalue weighted by atomic mass is 10.1. The smallest absolute Gasteiger partial charge is 0.310 e. The molecule has 0 amide bonds. The third-order valence-corrected chi connectivity index (χ3v) is 6.85. The van der Waals surface area contributed by atoms with E-state index in [1.165, 1.54) is 0 Å². The Bertz CT molecular complexity index is 1250. The van der Waals surface area contributed by atoms with Gasteiger partial charge in [-0.15, -0.1) is 0 Å². The molecule has 3 heterocycles. The van der Waals surface area contributed by atoms with Gasteiger partial charge in [-0.3, -0.25) is 9.20 Å². The molecule has 0 atom stereocenters. The lowest BCUT2D eigenvalue weighted by Crippen LogP contribution is -2.26. The van der Waals surface area contributed by atoms with Crippen molar-refractivity contribution in [3.8, 4) is 11.9 Å². The first-order valence-corrected chi connectivity index (χ1v) is 10.6. The third kappa shape index (κ3) is 3.64. The number of amidine groups is 1. The van der Waals surface area contributed by atoms with E-state index in [0.29, 0.717) is 28.2 Å². The van der Waals surface area contributed by atoms with Crippen LogP contribution < -0.4 is 15.6 Å². The zero-order valence-electron chi connectivity index (χ0n) is 16.3. The van der Waals surface area contributed by atoms with Crippen LogP contribution in [0.4, 0.5) is 5.82 Å². The molecule has 0 saturated heterocycles. The fourth-order valence-corrected chi connectivity index (χ4v) is 4.48. The normalized spacial score (nSPS) is 13.0. The van der Waals surface area contributed by atoms with Gasteiger partial charge >= 0.3 is 6.02 Å². The second kappa shape index (κ2) is 8.63. The van der Waals surface area contributed by atoms with Crippen molar-refractivity contribution in [1.82, 2.24) is 14.3 Å². The van der Waals surface area contributed by atoms with Gasteiger partial charge in [0.25, 0.3) is 5.56 Å². The predicted octanol–water partition coefficient (Wildman–Crippen LogP) is 3.50. The van der Waals surface area contributed by atoms with Crippen molar-refractivity contribution in [3.05, 3.63) is 60.5 Å². The van der Waals surface area contributed by atoms with E-state index in [2.05, 4.69) is 42.2 Å². The number of nitrogens with one attached hydrogen (secondary N) is 1. The highest BCUT2D eigenvalue weighted by Crippen LogP contribution is 2.34. The van der Waals surface area contributed by atoms with E-state index >= 15 is 0 Å². The van der Waals surface area contributed by atoms with Gasteiger partial charge in [0.2, 0.25) is 0 Å². The zero-order chi connectivity index (χ0) is 20.7. The Balaban J connectivity index is 0.00000256. The Kier molecular flexibility index (Phi) is 6.36. The minimum absolute atomic E-state index is 0. The lowest BCUT2D eigenvalue weighted by Gasteiger charge is -2.14. The SMILES string of the molecule is Cc1cccc(C)c1O/C(=N/c1c2n(c(=O)c3cc(Br)c(Br)n13)CCC2)NC#N.O. The molecule has 10 heteroatoms. The van der Waals surface area contributed by atoms with Crippen LogP contribution in [0.1, 0.15) is 23.2 Å². The van der Waals surface area contributed by atoms with Crippen LogP contribution in [-0.4, -0.2) is 20.5 Å². The van der Waals surface area contributed by atoms with E-state index in [-0.39, 0.29) is 17.1 Å². The molecule has 0 radical (unpaired) electrons. The summed E-state index contributed by atoms with van der Waals surface area (Å²) in [5.41, 5.74) is 3.11. The first-order valence-electron chi connectivity index (χ1n) is 9.02. The number of hydrogen-bond acceptors (Lipinski definition) is 4. The van der Waals surface area contributed by atoms with Crippen molar-refractivity contribution in [1.29, 1.82) is 5.26 Å². The summed E-state index contributed by atoms with van der Waals surface area (Å²) in [5.74, 6) is 1.20. The quantitative estimate of drug-likeness (QED) is 0.233. The van der Waals surface area contributed by atoms with Crippen LogP contribution in [0.25, 0.3) is 5.52 Å². The minimum atomic E-state index is -0.0618. The molecule has 156 valence electrons. The molecule has 1 aliphatic heterocycles. The van der Waals surface area contributed by atoms with Crippen molar-refractivity contribution in [2.75, 3.05) is 0 Å². The maximum atomic E-state index is 12.9. The molecule has 30 heavy (non-hydrogen) atoms. The number of aryl methyl sites for hydroxylation is 2. The maximum Gasteiger partial charge on any atom is 0.310 e. The first kappa shape index (κ1) is 22.1. The molecule has 4 rings (SSSR count). The van der Waals surface area contributed by atoms with Crippen LogP contribution in [0.15, 0.2) is 43.1 Å². The standard InChI is InChI=1S/C20H17Br2N5O2.H2O/c1-11-5-3-6-12(2)16(11)29-20(24-10-23)25-18-14-7-4-8-26(14)19(28)15-9-13(21)17(22)27(15)18;/h3,5-6,9H,4,7-8H2,1-2H3,(H,24,25);1H2. The molecular weight excluding hydrogens is 518 g/mol. The van der Waals surface area contributed by atoms with Crippen LogP contribution in [-0.2, 0) is 13.0 Å². The number of aromatic nitrogens is 2. The summed E-state index contributed by atoms with van der Waals surface area (Å²) in [4.78, 5) is 17.5. The van der Waals surface area contributed by atoms with Crippen LogP contribution in [0.3, 0.4) is 0 Å². The highest BCUT2D eigenvalue weighted by Gasteiger charge is 2.24. The Morgan fingerprint density at radius 2 is 2.00 bits per heavy atom. The van der Waals surface area contributed by atoms with Gasteiger partial charge in [-0.25, -0.2) is 5.32 Å². The molecule has 3 aromatic rings. The van der Waals surface area contributed by atoms with Crippen molar-refractivity contribution < 1.29 is 10.2 Å². The van der Waals surface area contributed by atoms with Gasteiger partial charge in [0, 0.05) is 6.54 Å². The van der Waals surface area contributed by atoms with E-state index in [1.54, 1.807) is 15.0 Å². The number of nitrogens with zero attached hydrogens (tertiary/aromatic N) is 4. The van der Waals surface area contributed by atoms with Gasteiger partial charge in [-0.2, -0.15) is 10.3 Å². The second-order valence-corrected chi connectivity index (χ2v) is 8.42. The van der Waals surface area contributed by atoms with Crippen LogP contribution >= 0.6 is 31.9 Å². The Morgan fingerprint density at radius 1 is 1.30 bits per heavy atom. The zero-order valence-corrected chi connectivity index (χ0v) is 19.5. The number of hydrogen-bond donors (Lipinski definition) is 1. The summed E-state index contributed by atoms with van der Waals surface area (Å²) in [6, 6.07) is 7.63. The van der Waals surface area contributed by atoms with Crippen LogP contribution in [0.2, 0.25) is 0 Å². The molecule has 3 N–H and O–H groups in total. The molecule has 0 fully saturated rings. The maximum absolute atomic E-state index is 12.9. The van der Waals surface area contributed by atoms with Crippen molar-refractivity contribution in [3.63, 3.8) is 0 Å². The molecule has 0 unspecified atom stereocenters. The van der Waals surface area contributed by atoms with Gasteiger partial charge in [-0.1, -0.05) is 18.2 Å². The molecule has 0 aliphatic carbocycles. The number of aliphatic imine (C=N–C) groups is 1. The van der Waals surface area contributed by atoms with E-state index in [1.807, 2.05) is 38.2 Å². The van der Waals surface area contributed by atoms with Gasteiger partial charge in [-0.05, 0) is 75.7 Å². The Labute approximate surface area is 189 Å². The highest BCUT2D eigenvalue weighted by molar-refractivity contribution is 9.13. The minimum Gasteiger partial charge on any atom is -0.425 e. The van der Waals surface area contributed by atoms with Gasteiger partial charge in [0.15, 0.2) is 12.0 Å². The third-order valence-electron chi connectivity index (χ3n) is 4.93. The first-order chi connectivity index (χ1) is 13.9. The number of nitriles is 1. The Hall–Kier alpha value is -2.61. The molecule has 8 nitrogen and oxygen atoms in total. The van der Waals surface area contributed by atoms with E-state index < -0.39 is 0 Å². The molecule has 1 aliphatic rings. The van der Waals surface area contributed by atoms with Crippen LogP contribution in [0.5, 0.6) is 5.75 Å². The fourth-order valence-electron chi connectivity index (χ4n) is 3.61. The van der Waals surface area contributed by atoms with Gasteiger partial charge in [0.05, 0.1) is 10.2 Å². The second-order valence-electron chi connectivity index (χ2n) is 6.81. The molecule has 0 bridgehead atoms. The summed E-state index contributed by atoms with van der Waals surface area (Å²) in [6.07, 6.45) is 3.47. The van der Waals surface area contributed by atoms with Crippen molar-refractivity contribution >= 4 is 49.2 Å². The van der Waals surface area contributed by atoms with Crippen LogP contribution in [0, 0.1) is 25.3 Å². The van der Waals surface area contributed by atoms with Crippen molar-refractivity contribution in [2.45, 2.75) is 33.2 Å². The number of ether oxygens (including phenoxy) is 1. The number of halogens is 2. The topological polar surface area (TPSA) is 115 Å². The van der Waals surface area contributed by atoms with Gasteiger partial charge in [0.1, 0.15) is 15.9 Å². The van der Waals surface area contributed by atoms with Crippen molar-refractivity contribution in [2.24, 2.45) is 4.99 Å². The fraction of sp³-hybridized carbons (Fsp3) is 0.250. The van der Waals surface area contributed by atoms with Gasteiger partial charge < -0.3 is 14.8 Å². The molecule has 0 saturated carbocycles. The predicted molar refractivity (Wildman–Crippen MR) is 121 cm³/mol. The number of fused-ring (bicyclic) bond motifs is 2. The average molecular weight is 537 g/mol. The summed E-state index contributed by atoms with van der Waals surface area (Å²) >= 11 is 7.01.